The minimum atomic E-state index is 0.626. The first-order valence-electron chi connectivity index (χ1n) is 8.33. The molecule has 4 heteroatoms. The van der Waals surface area contributed by atoms with Crippen molar-refractivity contribution in [1.29, 1.82) is 0 Å². The maximum atomic E-state index is 5.55. The monoisotopic (exact) mass is 281 g/mol. The summed E-state index contributed by atoms with van der Waals surface area (Å²) in [7, 11) is 1.85. The zero-order valence-electron chi connectivity index (χ0n) is 13.2. The van der Waals surface area contributed by atoms with E-state index >= 15 is 0 Å². The lowest BCUT2D eigenvalue weighted by molar-refractivity contribution is 0.129. The first-order chi connectivity index (χ1) is 9.80. The maximum Gasteiger partial charge on any atom is 0.190 e. The number of hydrogen-bond acceptors (Lipinski definition) is 2. The van der Waals surface area contributed by atoms with Gasteiger partial charge in [-0.15, -0.1) is 0 Å². The number of ether oxygens (including phenoxy) is 1. The number of guanidine groups is 1. The highest BCUT2D eigenvalue weighted by Gasteiger charge is 2.53. The number of unbranched alkanes of at least 4 members (excludes halogenated alkanes) is 1. The Hall–Kier alpha value is -0.770. The maximum absolute atomic E-state index is 5.55. The van der Waals surface area contributed by atoms with Crippen LogP contribution < -0.4 is 10.6 Å². The molecular formula is C16H31N3O. The number of nitrogens with zero attached hydrogens (tertiary/aromatic N) is 1. The van der Waals surface area contributed by atoms with E-state index in [1.54, 1.807) is 0 Å². The Morgan fingerprint density at radius 3 is 2.55 bits per heavy atom. The normalized spacial score (nSPS) is 20.8. The lowest BCUT2D eigenvalue weighted by Crippen LogP contribution is -2.41. The second kappa shape index (κ2) is 7.87. The Labute approximate surface area is 123 Å². The van der Waals surface area contributed by atoms with E-state index < -0.39 is 0 Å². The summed E-state index contributed by atoms with van der Waals surface area (Å²) in [5.74, 6) is 1.95. The summed E-state index contributed by atoms with van der Waals surface area (Å²) in [6, 6.07) is 0. The third kappa shape index (κ3) is 4.97. The first-order valence-corrected chi connectivity index (χ1v) is 8.33. The molecule has 0 atom stereocenters. The average molecular weight is 281 g/mol. The van der Waals surface area contributed by atoms with Gasteiger partial charge in [0.2, 0.25) is 0 Å². The quantitative estimate of drug-likeness (QED) is 0.367. The molecule has 2 N–H and O–H groups in total. The molecule has 0 bridgehead atoms. The topological polar surface area (TPSA) is 45.6 Å². The summed E-state index contributed by atoms with van der Waals surface area (Å²) >= 11 is 0. The van der Waals surface area contributed by atoms with E-state index in [4.69, 9.17) is 4.74 Å². The van der Waals surface area contributed by atoms with Crippen LogP contribution in [0.5, 0.6) is 0 Å². The Morgan fingerprint density at radius 2 is 1.95 bits per heavy atom. The van der Waals surface area contributed by atoms with Crippen LogP contribution in [-0.2, 0) is 4.74 Å². The molecule has 2 aliphatic carbocycles. The minimum absolute atomic E-state index is 0.626. The zero-order chi connectivity index (χ0) is 14.3. The van der Waals surface area contributed by atoms with Crippen LogP contribution in [0.25, 0.3) is 0 Å². The predicted molar refractivity (Wildman–Crippen MR) is 84.1 cm³/mol. The minimum Gasteiger partial charge on any atom is -0.381 e. The van der Waals surface area contributed by atoms with Gasteiger partial charge in [-0.1, -0.05) is 13.3 Å². The van der Waals surface area contributed by atoms with Gasteiger partial charge in [-0.3, -0.25) is 4.99 Å². The van der Waals surface area contributed by atoms with Gasteiger partial charge in [0.25, 0.3) is 0 Å². The molecule has 2 rings (SSSR count). The van der Waals surface area contributed by atoms with Crippen molar-refractivity contribution in [2.45, 2.75) is 51.9 Å². The van der Waals surface area contributed by atoms with E-state index in [9.17, 15) is 0 Å². The van der Waals surface area contributed by atoms with Crippen molar-refractivity contribution in [2.75, 3.05) is 33.4 Å². The number of hydrogen-bond donors (Lipinski definition) is 2. The van der Waals surface area contributed by atoms with Crippen molar-refractivity contribution >= 4 is 5.96 Å². The summed E-state index contributed by atoms with van der Waals surface area (Å²) in [6.07, 6.45) is 9.13. The van der Waals surface area contributed by atoms with Crippen LogP contribution in [0.4, 0.5) is 0 Å². The Morgan fingerprint density at radius 1 is 1.20 bits per heavy atom. The molecule has 0 saturated heterocycles. The number of aliphatic imine (C=N–C) groups is 1. The highest BCUT2D eigenvalue weighted by atomic mass is 16.5. The van der Waals surface area contributed by atoms with Gasteiger partial charge in [-0.2, -0.15) is 0 Å². The van der Waals surface area contributed by atoms with Crippen molar-refractivity contribution in [1.82, 2.24) is 10.6 Å². The van der Waals surface area contributed by atoms with Crippen LogP contribution in [0.2, 0.25) is 0 Å². The summed E-state index contributed by atoms with van der Waals surface area (Å²) in [6.45, 7) is 5.96. The van der Waals surface area contributed by atoms with Crippen molar-refractivity contribution in [3.05, 3.63) is 0 Å². The van der Waals surface area contributed by atoms with Gasteiger partial charge in [0.05, 0.1) is 0 Å². The molecule has 0 amide bonds. The highest BCUT2D eigenvalue weighted by Crippen LogP contribution is 2.60. The third-order valence-corrected chi connectivity index (χ3v) is 4.57. The van der Waals surface area contributed by atoms with Crippen LogP contribution in [0, 0.1) is 11.3 Å². The predicted octanol–water partition coefficient (Wildman–Crippen LogP) is 2.55. The van der Waals surface area contributed by atoms with Crippen LogP contribution in [0.1, 0.15) is 51.9 Å². The van der Waals surface area contributed by atoms with Gasteiger partial charge in [0, 0.05) is 33.4 Å². The Bertz CT molecular complexity index is 309. The Kier molecular flexibility index (Phi) is 6.14. The second-order valence-corrected chi connectivity index (χ2v) is 6.31. The molecule has 116 valence electrons. The van der Waals surface area contributed by atoms with Crippen LogP contribution in [-0.4, -0.2) is 39.3 Å². The molecule has 2 aliphatic rings. The molecular weight excluding hydrogens is 250 g/mol. The molecule has 0 unspecified atom stereocenters. The van der Waals surface area contributed by atoms with Crippen molar-refractivity contribution < 1.29 is 4.74 Å². The second-order valence-electron chi connectivity index (χ2n) is 6.31. The fourth-order valence-electron chi connectivity index (χ4n) is 2.80. The van der Waals surface area contributed by atoms with Crippen LogP contribution >= 0.6 is 0 Å². The van der Waals surface area contributed by atoms with Gasteiger partial charge in [-0.05, 0) is 49.9 Å². The standard InChI is InChI=1S/C16H31N3O/c1-3-4-11-20-12-5-10-18-15(17-2)19-13-16(8-9-16)14-6-7-14/h14H,3-13H2,1-2H3,(H2,17,18,19). The number of nitrogens with one attached hydrogen (secondary N) is 2. The largest absolute Gasteiger partial charge is 0.381 e. The lowest BCUT2D eigenvalue weighted by Gasteiger charge is -2.18. The molecule has 0 aromatic rings. The van der Waals surface area contributed by atoms with Gasteiger partial charge in [-0.25, -0.2) is 0 Å². The fourth-order valence-corrected chi connectivity index (χ4v) is 2.80. The van der Waals surface area contributed by atoms with Crippen molar-refractivity contribution in [2.24, 2.45) is 16.3 Å². The van der Waals surface area contributed by atoms with E-state index in [1.165, 1.54) is 38.5 Å². The Balaban J connectivity index is 1.50. The average Bonchev–Trinajstić information content (AvgIpc) is 3.33. The SMILES string of the molecule is CCCCOCCCNC(=NC)NCC1(C2CC2)CC1. The molecule has 20 heavy (non-hydrogen) atoms. The molecule has 2 fully saturated rings. The van der Waals surface area contributed by atoms with Crippen LogP contribution in [0.3, 0.4) is 0 Å². The van der Waals surface area contributed by atoms with Gasteiger partial charge in [0.15, 0.2) is 5.96 Å². The van der Waals surface area contributed by atoms with Crippen molar-refractivity contribution in [3.63, 3.8) is 0 Å². The van der Waals surface area contributed by atoms with Gasteiger partial charge < -0.3 is 15.4 Å². The summed E-state index contributed by atoms with van der Waals surface area (Å²) < 4.78 is 5.55. The highest BCUT2D eigenvalue weighted by molar-refractivity contribution is 5.79. The summed E-state index contributed by atoms with van der Waals surface area (Å²) in [5, 5.41) is 6.88. The molecule has 0 spiro atoms. The fraction of sp³-hybridized carbons (Fsp3) is 0.938. The smallest absolute Gasteiger partial charge is 0.190 e. The van der Waals surface area contributed by atoms with Gasteiger partial charge >= 0.3 is 0 Å². The van der Waals surface area contributed by atoms with E-state index in [0.717, 1.165) is 44.6 Å². The van der Waals surface area contributed by atoms with Gasteiger partial charge in [0.1, 0.15) is 0 Å². The van der Waals surface area contributed by atoms with E-state index in [1.807, 2.05) is 7.05 Å². The first kappa shape index (κ1) is 15.6. The summed E-state index contributed by atoms with van der Waals surface area (Å²) in [4.78, 5) is 4.30. The molecule has 2 saturated carbocycles. The molecule has 0 aromatic carbocycles. The lowest BCUT2D eigenvalue weighted by atomic mass is 10.0. The van der Waals surface area contributed by atoms with Crippen molar-refractivity contribution in [3.8, 4) is 0 Å². The summed E-state index contributed by atoms with van der Waals surface area (Å²) in [5.41, 5.74) is 0.626. The molecule has 4 nitrogen and oxygen atoms in total. The third-order valence-electron chi connectivity index (χ3n) is 4.57. The molecule has 0 heterocycles. The molecule has 0 aliphatic heterocycles. The van der Waals surface area contributed by atoms with E-state index in [-0.39, 0.29) is 0 Å². The van der Waals surface area contributed by atoms with E-state index in [2.05, 4.69) is 22.5 Å². The zero-order valence-corrected chi connectivity index (χ0v) is 13.2. The molecule has 0 aromatic heterocycles. The van der Waals surface area contributed by atoms with E-state index in [0.29, 0.717) is 5.41 Å². The van der Waals surface area contributed by atoms with Crippen LogP contribution in [0.15, 0.2) is 4.99 Å². The molecule has 0 radical (unpaired) electrons. The number of rotatable bonds is 10.